The highest BCUT2D eigenvalue weighted by atomic mass is 15.2. The second-order valence-corrected chi connectivity index (χ2v) is 4.41. The minimum absolute atomic E-state index is 0.538. The highest BCUT2D eigenvalue weighted by Crippen LogP contribution is 2.29. The third kappa shape index (κ3) is 1.91. The summed E-state index contributed by atoms with van der Waals surface area (Å²) < 4.78 is 0. The molecule has 1 aliphatic rings. The van der Waals surface area contributed by atoms with Crippen molar-refractivity contribution in [2.24, 2.45) is 0 Å². The van der Waals surface area contributed by atoms with Gasteiger partial charge in [0.25, 0.3) is 0 Å². The first-order valence-corrected chi connectivity index (χ1v) is 5.88. The van der Waals surface area contributed by atoms with Gasteiger partial charge in [-0.3, -0.25) is 4.98 Å². The van der Waals surface area contributed by atoms with E-state index < -0.39 is 0 Å². The quantitative estimate of drug-likeness (QED) is 0.799. The largest absolute Gasteiger partial charge is 0.355 e. The van der Waals surface area contributed by atoms with E-state index in [1.807, 2.05) is 18.3 Å². The van der Waals surface area contributed by atoms with Crippen molar-refractivity contribution in [2.45, 2.75) is 5.92 Å². The van der Waals surface area contributed by atoms with Crippen molar-refractivity contribution in [1.82, 2.24) is 9.97 Å². The highest BCUT2D eigenvalue weighted by Gasteiger charge is 2.28. The van der Waals surface area contributed by atoms with Crippen molar-refractivity contribution >= 4 is 5.82 Å². The fourth-order valence-corrected chi connectivity index (χ4v) is 2.13. The first kappa shape index (κ1) is 10.7. The summed E-state index contributed by atoms with van der Waals surface area (Å²) in [7, 11) is 0. The second kappa shape index (κ2) is 4.46. The van der Waals surface area contributed by atoms with Crippen molar-refractivity contribution in [3.63, 3.8) is 0 Å². The van der Waals surface area contributed by atoms with Gasteiger partial charge >= 0.3 is 0 Å². The first-order chi connectivity index (χ1) is 8.86. The lowest BCUT2D eigenvalue weighted by Crippen LogP contribution is -2.45. The van der Waals surface area contributed by atoms with Gasteiger partial charge < -0.3 is 4.90 Å². The number of rotatable bonds is 2. The zero-order valence-electron chi connectivity index (χ0n) is 9.82. The molecule has 0 atom stereocenters. The van der Waals surface area contributed by atoms with Gasteiger partial charge in [0.15, 0.2) is 0 Å². The van der Waals surface area contributed by atoms with Gasteiger partial charge in [-0.25, -0.2) is 4.98 Å². The molecule has 0 saturated carbocycles. The van der Waals surface area contributed by atoms with Crippen LogP contribution in [-0.2, 0) is 0 Å². The highest BCUT2D eigenvalue weighted by molar-refractivity contribution is 5.46. The van der Waals surface area contributed by atoms with Crippen LogP contribution in [0.15, 0.2) is 42.9 Å². The van der Waals surface area contributed by atoms with Gasteiger partial charge in [-0.1, -0.05) is 6.07 Å². The topological polar surface area (TPSA) is 52.8 Å². The van der Waals surface area contributed by atoms with E-state index >= 15 is 0 Å². The van der Waals surface area contributed by atoms with Crippen LogP contribution in [0.1, 0.15) is 17.0 Å². The predicted molar refractivity (Wildman–Crippen MR) is 68.1 cm³/mol. The van der Waals surface area contributed by atoms with E-state index in [9.17, 15) is 0 Å². The normalized spacial score (nSPS) is 14.9. The molecule has 0 unspecified atom stereocenters. The van der Waals surface area contributed by atoms with Crippen LogP contribution in [-0.4, -0.2) is 23.1 Å². The van der Waals surface area contributed by atoms with Crippen molar-refractivity contribution in [2.75, 3.05) is 18.0 Å². The average molecular weight is 236 g/mol. The number of pyridine rings is 2. The lowest BCUT2D eigenvalue weighted by atomic mass is 9.93. The molecule has 0 aliphatic carbocycles. The Kier molecular flexibility index (Phi) is 2.66. The lowest BCUT2D eigenvalue weighted by Gasteiger charge is -2.40. The summed E-state index contributed by atoms with van der Waals surface area (Å²) in [5.41, 5.74) is 1.88. The molecule has 1 saturated heterocycles. The van der Waals surface area contributed by atoms with Crippen LogP contribution in [0.5, 0.6) is 0 Å². The molecule has 3 rings (SSSR count). The zero-order valence-corrected chi connectivity index (χ0v) is 9.82. The van der Waals surface area contributed by atoms with Gasteiger partial charge in [0, 0.05) is 37.6 Å². The van der Waals surface area contributed by atoms with E-state index in [1.165, 1.54) is 5.56 Å². The van der Waals surface area contributed by atoms with Crippen molar-refractivity contribution in [3.05, 3.63) is 54.0 Å². The molecule has 2 aromatic heterocycles. The average Bonchev–Trinajstić information content (AvgIpc) is 2.39. The van der Waals surface area contributed by atoms with E-state index in [0.29, 0.717) is 11.5 Å². The molecular formula is C14H12N4. The first-order valence-electron chi connectivity index (χ1n) is 5.88. The molecule has 4 heteroatoms. The van der Waals surface area contributed by atoms with Crippen LogP contribution in [0.25, 0.3) is 0 Å². The molecule has 1 fully saturated rings. The molecule has 3 heterocycles. The summed E-state index contributed by atoms with van der Waals surface area (Å²) in [5.74, 6) is 1.48. The second-order valence-electron chi connectivity index (χ2n) is 4.41. The Bertz CT molecular complexity index is 565. The van der Waals surface area contributed by atoms with Crippen LogP contribution < -0.4 is 4.90 Å². The molecule has 0 N–H and O–H groups in total. The standard InChI is InChI=1S/C14H12N4/c15-6-11-3-4-14(17-7-11)18-9-13(10-18)12-2-1-5-16-8-12/h1-5,7-8,13H,9-10H2. The molecule has 0 radical (unpaired) electrons. The van der Waals surface area contributed by atoms with Gasteiger partial charge in [-0.05, 0) is 23.8 Å². The summed E-state index contributed by atoms with van der Waals surface area (Å²) >= 11 is 0. The number of hydrogen-bond acceptors (Lipinski definition) is 4. The van der Waals surface area contributed by atoms with E-state index in [2.05, 4.69) is 27.0 Å². The monoisotopic (exact) mass is 236 g/mol. The van der Waals surface area contributed by atoms with Gasteiger partial charge in [0.05, 0.1) is 5.56 Å². The SMILES string of the molecule is N#Cc1ccc(N2CC(c3cccnc3)C2)nc1. The maximum Gasteiger partial charge on any atom is 0.128 e. The van der Waals surface area contributed by atoms with Crippen LogP contribution in [0, 0.1) is 11.3 Å². The maximum absolute atomic E-state index is 8.72. The van der Waals surface area contributed by atoms with Gasteiger partial charge in [-0.15, -0.1) is 0 Å². The number of aromatic nitrogens is 2. The number of anilines is 1. The maximum atomic E-state index is 8.72. The minimum Gasteiger partial charge on any atom is -0.355 e. The Labute approximate surface area is 106 Å². The van der Waals surface area contributed by atoms with Gasteiger partial charge in [-0.2, -0.15) is 5.26 Å². The molecule has 4 nitrogen and oxygen atoms in total. The Morgan fingerprint density at radius 1 is 1.22 bits per heavy atom. The third-order valence-electron chi connectivity index (χ3n) is 3.24. The molecule has 0 spiro atoms. The van der Waals surface area contributed by atoms with Gasteiger partial charge in [0.2, 0.25) is 0 Å². The Balaban J connectivity index is 1.67. The van der Waals surface area contributed by atoms with Crippen molar-refractivity contribution in [1.29, 1.82) is 5.26 Å². The van der Waals surface area contributed by atoms with Crippen molar-refractivity contribution in [3.8, 4) is 6.07 Å². The van der Waals surface area contributed by atoms with E-state index in [0.717, 1.165) is 18.9 Å². The summed E-state index contributed by atoms with van der Waals surface area (Å²) in [6.45, 7) is 1.93. The van der Waals surface area contributed by atoms with E-state index in [1.54, 1.807) is 18.5 Å². The number of nitrogens with zero attached hydrogens (tertiary/aromatic N) is 4. The Hall–Kier alpha value is -2.41. The van der Waals surface area contributed by atoms with Crippen LogP contribution in [0.2, 0.25) is 0 Å². The summed E-state index contributed by atoms with van der Waals surface area (Å²) in [6, 6.07) is 9.86. The summed E-state index contributed by atoms with van der Waals surface area (Å²) in [5, 5.41) is 8.72. The van der Waals surface area contributed by atoms with Crippen LogP contribution in [0.4, 0.5) is 5.82 Å². The molecule has 1 aliphatic heterocycles. The zero-order chi connectivity index (χ0) is 12.4. The number of nitriles is 1. The summed E-state index contributed by atoms with van der Waals surface area (Å²) in [4.78, 5) is 10.6. The van der Waals surface area contributed by atoms with Crippen molar-refractivity contribution < 1.29 is 0 Å². The molecule has 2 aromatic rings. The molecule has 0 aromatic carbocycles. The molecular weight excluding hydrogens is 224 g/mol. The molecule has 0 amide bonds. The van der Waals surface area contributed by atoms with E-state index in [4.69, 9.17) is 5.26 Å². The minimum atomic E-state index is 0.538. The van der Waals surface area contributed by atoms with Gasteiger partial charge in [0.1, 0.15) is 11.9 Å². The smallest absolute Gasteiger partial charge is 0.128 e. The molecule has 88 valence electrons. The fraction of sp³-hybridized carbons (Fsp3) is 0.214. The lowest BCUT2D eigenvalue weighted by molar-refractivity contribution is 0.518. The Morgan fingerprint density at radius 2 is 2.11 bits per heavy atom. The third-order valence-corrected chi connectivity index (χ3v) is 3.24. The molecule has 18 heavy (non-hydrogen) atoms. The molecule has 0 bridgehead atoms. The number of hydrogen-bond donors (Lipinski definition) is 0. The van der Waals surface area contributed by atoms with Crippen LogP contribution >= 0.6 is 0 Å². The fourth-order valence-electron chi connectivity index (χ4n) is 2.13. The Morgan fingerprint density at radius 3 is 2.72 bits per heavy atom. The summed E-state index contributed by atoms with van der Waals surface area (Å²) in [6.07, 6.45) is 5.34. The van der Waals surface area contributed by atoms with E-state index in [-0.39, 0.29) is 0 Å². The van der Waals surface area contributed by atoms with Crippen LogP contribution in [0.3, 0.4) is 0 Å². The predicted octanol–water partition coefficient (Wildman–Crippen LogP) is 1.95.